The van der Waals surface area contributed by atoms with Crippen LogP contribution in [-0.2, 0) is 14.4 Å². The lowest BCUT2D eigenvalue weighted by Gasteiger charge is -2.07. The number of hydrogen-bond acceptors (Lipinski definition) is 4. The van der Waals surface area contributed by atoms with Crippen molar-refractivity contribution in [2.45, 2.75) is 32.3 Å². The molecule has 6 nitrogen and oxygen atoms in total. The highest BCUT2D eigenvalue weighted by molar-refractivity contribution is 6.39. The maximum atomic E-state index is 12.0. The quantitative estimate of drug-likeness (QED) is 0.802. The molecule has 0 aliphatic carbocycles. The van der Waals surface area contributed by atoms with Gasteiger partial charge in [0, 0.05) is 25.9 Å². The van der Waals surface area contributed by atoms with E-state index in [1.165, 1.54) is 0 Å². The van der Waals surface area contributed by atoms with Crippen molar-refractivity contribution in [1.29, 1.82) is 0 Å². The molecule has 118 valence electrons. The molecule has 0 saturated heterocycles. The number of benzene rings is 1. The number of amides is 2. The van der Waals surface area contributed by atoms with Crippen molar-refractivity contribution in [1.82, 2.24) is 10.6 Å². The van der Waals surface area contributed by atoms with Gasteiger partial charge in [-0.15, -0.1) is 0 Å². The summed E-state index contributed by atoms with van der Waals surface area (Å²) in [4.78, 5) is 28.7. The molecule has 1 aliphatic heterocycles. The summed E-state index contributed by atoms with van der Waals surface area (Å²) in [5, 5.41) is 9.30. The zero-order valence-corrected chi connectivity index (χ0v) is 12.7. The highest BCUT2D eigenvalue weighted by Crippen LogP contribution is 2.26. The molecule has 0 aromatic heterocycles. The maximum Gasteiger partial charge on any atom is 0.269 e. The van der Waals surface area contributed by atoms with Crippen LogP contribution in [0.2, 0.25) is 0 Å². The second-order valence-electron chi connectivity index (χ2n) is 5.10. The Kier molecular flexibility index (Phi) is 5.94. The summed E-state index contributed by atoms with van der Waals surface area (Å²) in [5.74, 6) is -0.337. The largest absolute Gasteiger partial charge is 0.387 e. The number of rotatable bonds is 7. The zero-order chi connectivity index (χ0) is 15.8. The molecule has 0 spiro atoms. The van der Waals surface area contributed by atoms with Gasteiger partial charge in [-0.05, 0) is 12.0 Å². The Bertz CT molecular complexity index is 543. The lowest BCUT2D eigenvalue weighted by molar-refractivity contribution is -0.121. The first-order chi connectivity index (χ1) is 10.7. The summed E-state index contributed by atoms with van der Waals surface area (Å²) in [6, 6.07) is 9.66. The normalized spacial score (nSPS) is 16.6. The van der Waals surface area contributed by atoms with Gasteiger partial charge in [0.05, 0.1) is 0 Å². The fourth-order valence-corrected chi connectivity index (χ4v) is 2.10. The molecule has 2 amide bonds. The molecule has 1 aromatic carbocycles. The minimum Gasteiger partial charge on any atom is -0.387 e. The first-order valence-corrected chi connectivity index (χ1v) is 7.53. The third-order valence-electron chi connectivity index (χ3n) is 3.31. The number of hydrogen-bond donors (Lipinski definition) is 2. The van der Waals surface area contributed by atoms with Gasteiger partial charge in [0.25, 0.3) is 5.91 Å². The van der Waals surface area contributed by atoms with E-state index in [9.17, 15) is 9.59 Å². The summed E-state index contributed by atoms with van der Waals surface area (Å²) < 4.78 is 0. The predicted octanol–water partition coefficient (Wildman–Crippen LogP) is 1.54. The van der Waals surface area contributed by atoms with Crippen LogP contribution in [-0.4, -0.2) is 30.6 Å². The van der Waals surface area contributed by atoms with Crippen molar-refractivity contribution in [3.8, 4) is 0 Å². The van der Waals surface area contributed by atoms with Gasteiger partial charge in [-0.25, -0.2) is 0 Å². The lowest BCUT2D eigenvalue weighted by Crippen LogP contribution is -2.34. The molecule has 1 atom stereocenters. The Morgan fingerprint density at radius 3 is 2.73 bits per heavy atom. The van der Waals surface area contributed by atoms with E-state index in [2.05, 4.69) is 15.8 Å². The number of nitrogens with zero attached hydrogens (tertiary/aromatic N) is 1. The first kappa shape index (κ1) is 16.0. The van der Waals surface area contributed by atoms with Gasteiger partial charge in [-0.2, -0.15) is 0 Å². The Balaban J connectivity index is 1.72. The van der Waals surface area contributed by atoms with E-state index in [-0.39, 0.29) is 24.3 Å². The molecule has 2 rings (SSSR count). The molecule has 0 saturated carbocycles. The van der Waals surface area contributed by atoms with Crippen LogP contribution in [0.3, 0.4) is 0 Å². The summed E-state index contributed by atoms with van der Waals surface area (Å²) in [5.41, 5.74) is 1.36. The van der Waals surface area contributed by atoms with E-state index in [4.69, 9.17) is 4.84 Å². The van der Waals surface area contributed by atoms with Crippen LogP contribution < -0.4 is 10.6 Å². The third-order valence-corrected chi connectivity index (χ3v) is 3.31. The lowest BCUT2D eigenvalue weighted by atomic mass is 10.0. The molecular weight excluding hydrogens is 282 g/mol. The van der Waals surface area contributed by atoms with Gasteiger partial charge in [-0.3, -0.25) is 9.59 Å². The summed E-state index contributed by atoms with van der Waals surface area (Å²) in [7, 11) is 0. The van der Waals surface area contributed by atoms with Crippen molar-refractivity contribution >= 4 is 17.5 Å². The van der Waals surface area contributed by atoms with Crippen LogP contribution in [0.1, 0.15) is 37.9 Å². The van der Waals surface area contributed by atoms with Crippen LogP contribution in [0.25, 0.3) is 0 Å². The molecule has 1 heterocycles. The van der Waals surface area contributed by atoms with E-state index < -0.39 is 0 Å². The average Bonchev–Trinajstić information content (AvgIpc) is 3.04. The van der Waals surface area contributed by atoms with E-state index in [1.807, 2.05) is 37.3 Å². The Hall–Kier alpha value is -2.37. The topological polar surface area (TPSA) is 79.8 Å². The number of oxime groups is 1. The summed E-state index contributed by atoms with van der Waals surface area (Å²) in [6.45, 7) is 2.94. The van der Waals surface area contributed by atoms with E-state index in [0.29, 0.717) is 25.2 Å². The van der Waals surface area contributed by atoms with Crippen molar-refractivity contribution in [2.24, 2.45) is 5.16 Å². The first-order valence-electron chi connectivity index (χ1n) is 7.53. The molecule has 0 radical (unpaired) electrons. The smallest absolute Gasteiger partial charge is 0.269 e. The van der Waals surface area contributed by atoms with Gasteiger partial charge in [0.2, 0.25) is 5.91 Å². The van der Waals surface area contributed by atoms with Gasteiger partial charge < -0.3 is 15.5 Å². The van der Waals surface area contributed by atoms with E-state index in [1.54, 1.807) is 0 Å². The summed E-state index contributed by atoms with van der Waals surface area (Å²) >= 11 is 0. The Morgan fingerprint density at radius 2 is 2.00 bits per heavy atom. The molecule has 1 aliphatic rings. The molecule has 0 bridgehead atoms. The van der Waals surface area contributed by atoms with Crippen LogP contribution in [0.4, 0.5) is 0 Å². The molecule has 22 heavy (non-hydrogen) atoms. The molecular formula is C16H21N3O3. The average molecular weight is 303 g/mol. The van der Waals surface area contributed by atoms with E-state index in [0.717, 1.165) is 12.0 Å². The fraction of sp³-hybridized carbons (Fsp3) is 0.438. The number of nitrogens with one attached hydrogen (secondary N) is 2. The summed E-state index contributed by atoms with van der Waals surface area (Å²) in [6.07, 6.45) is 1.39. The highest BCUT2D eigenvalue weighted by Gasteiger charge is 2.26. The van der Waals surface area contributed by atoms with E-state index >= 15 is 0 Å². The molecule has 2 N–H and O–H groups in total. The van der Waals surface area contributed by atoms with Crippen molar-refractivity contribution in [2.75, 3.05) is 13.1 Å². The van der Waals surface area contributed by atoms with Gasteiger partial charge >= 0.3 is 0 Å². The molecule has 6 heteroatoms. The SMILES string of the molecule is CCCNC(=O)CCNC(=O)C1=NOC(c2ccccc2)C1. The van der Waals surface area contributed by atoms with Gasteiger partial charge in [0.1, 0.15) is 5.71 Å². The van der Waals surface area contributed by atoms with Crippen molar-refractivity contribution in [3.63, 3.8) is 0 Å². The van der Waals surface area contributed by atoms with Crippen LogP contribution in [0.15, 0.2) is 35.5 Å². The van der Waals surface area contributed by atoms with Crippen molar-refractivity contribution in [3.05, 3.63) is 35.9 Å². The van der Waals surface area contributed by atoms with Gasteiger partial charge in [0.15, 0.2) is 6.10 Å². The maximum absolute atomic E-state index is 12.0. The molecule has 1 aromatic rings. The third kappa shape index (κ3) is 4.58. The van der Waals surface area contributed by atoms with Gasteiger partial charge in [-0.1, -0.05) is 42.4 Å². The van der Waals surface area contributed by atoms with Crippen LogP contribution >= 0.6 is 0 Å². The highest BCUT2D eigenvalue weighted by atomic mass is 16.6. The van der Waals surface area contributed by atoms with Crippen LogP contribution in [0.5, 0.6) is 0 Å². The van der Waals surface area contributed by atoms with Crippen molar-refractivity contribution < 1.29 is 14.4 Å². The number of carbonyl (C=O) groups is 2. The fourth-order valence-electron chi connectivity index (χ4n) is 2.10. The number of carbonyl (C=O) groups excluding carboxylic acids is 2. The Labute approximate surface area is 129 Å². The molecule has 1 unspecified atom stereocenters. The predicted molar refractivity (Wildman–Crippen MR) is 83.2 cm³/mol. The Morgan fingerprint density at radius 1 is 1.23 bits per heavy atom. The zero-order valence-electron chi connectivity index (χ0n) is 12.7. The monoisotopic (exact) mass is 303 g/mol. The van der Waals surface area contributed by atoms with Crippen LogP contribution in [0, 0.1) is 0 Å². The second kappa shape index (κ2) is 8.17. The second-order valence-corrected chi connectivity index (χ2v) is 5.10. The minimum absolute atomic E-state index is 0.0612. The molecule has 0 fully saturated rings. The standard InChI is InChI=1S/C16H21N3O3/c1-2-9-17-15(20)8-10-18-16(21)13-11-14(22-19-13)12-6-4-3-5-7-12/h3-7,14H,2,8-11H2,1H3,(H,17,20)(H,18,21). The minimum atomic E-state index is -0.276.